The smallest absolute Gasteiger partial charge is 0.263 e. The fourth-order valence-corrected chi connectivity index (χ4v) is 3.24. The maximum Gasteiger partial charge on any atom is 0.263 e. The second-order valence-electron chi connectivity index (χ2n) is 6.99. The summed E-state index contributed by atoms with van der Waals surface area (Å²) < 4.78 is 0. The van der Waals surface area contributed by atoms with Gasteiger partial charge >= 0.3 is 0 Å². The highest BCUT2D eigenvalue weighted by atomic mass is 16.2. The molecule has 7 nitrogen and oxygen atoms in total. The lowest BCUT2D eigenvalue weighted by molar-refractivity contribution is -0.128. The van der Waals surface area contributed by atoms with Gasteiger partial charge in [-0.3, -0.25) is 25.4 Å². The number of hydrazine groups is 1. The van der Waals surface area contributed by atoms with Crippen molar-refractivity contribution in [2.24, 2.45) is 16.0 Å². The SMILES string of the molecule is C[C@@H]1CCC/C(=N/NC(=O)C[C@@H]2N=C(Cc3ccccc3)NNC2=O)C1. The molecule has 2 atom stereocenters. The number of rotatable bonds is 5. The Morgan fingerprint density at radius 2 is 2.12 bits per heavy atom. The predicted molar refractivity (Wildman–Crippen MR) is 100 cm³/mol. The van der Waals surface area contributed by atoms with E-state index in [0.717, 1.165) is 30.5 Å². The number of aliphatic imine (C=N–C) groups is 1. The molecule has 0 aromatic heterocycles. The molecule has 3 rings (SSSR count). The highest BCUT2D eigenvalue weighted by Gasteiger charge is 2.26. The number of amidine groups is 1. The molecule has 0 saturated heterocycles. The maximum absolute atomic E-state index is 12.2. The van der Waals surface area contributed by atoms with Gasteiger partial charge in [-0.2, -0.15) is 5.10 Å². The number of hydrogen-bond acceptors (Lipinski definition) is 5. The third-order valence-corrected chi connectivity index (χ3v) is 4.62. The second kappa shape index (κ2) is 8.60. The fraction of sp³-hybridized carbons (Fsp3) is 0.474. The van der Waals surface area contributed by atoms with E-state index in [4.69, 9.17) is 0 Å². The van der Waals surface area contributed by atoms with Crippen LogP contribution in [-0.4, -0.2) is 29.4 Å². The lowest BCUT2D eigenvalue weighted by atomic mass is 9.89. The zero-order valence-corrected chi connectivity index (χ0v) is 15.0. The zero-order valence-electron chi connectivity index (χ0n) is 15.0. The summed E-state index contributed by atoms with van der Waals surface area (Å²) in [6.45, 7) is 2.19. The number of benzene rings is 1. The van der Waals surface area contributed by atoms with Crippen molar-refractivity contribution in [3.63, 3.8) is 0 Å². The summed E-state index contributed by atoms with van der Waals surface area (Å²) in [5.74, 6) is 0.650. The van der Waals surface area contributed by atoms with Gasteiger partial charge < -0.3 is 0 Å². The molecule has 0 radical (unpaired) electrons. The zero-order chi connectivity index (χ0) is 18.4. The van der Waals surface area contributed by atoms with Crippen LogP contribution in [0.4, 0.5) is 0 Å². The monoisotopic (exact) mass is 355 g/mol. The van der Waals surface area contributed by atoms with Gasteiger partial charge in [0.05, 0.1) is 6.42 Å². The molecule has 3 N–H and O–H groups in total. The molecule has 1 fully saturated rings. The fourth-order valence-electron chi connectivity index (χ4n) is 3.24. The molecule has 26 heavy (non-hydrogen) atoms. The highest BCUT2D eigenvalue weighted by Crippen LogP contribution is 2.20. The van der Waals surface area contributed by atoms with Gasteiger partial charge in [-0.05, 0) is 37.2 Å². The first-order chi connectivity index (χ1) is 12.6. The standard InChI is InChI=1S/C19H25N5O2/c1-13-6-5-9-15(10-13)21-23-18(25)12-16-19(26)24-22-17(20-16)11-14-7-3-2-4-8-14/h2-4,7-8,13,16H,5-6,9-12H2,1H3,(H,20,22)(H,23,25)(H,24,26)/b21-15-/t13-,16+/m1/s1. The molecule has 1 aromatic carbocycles. The van der Waals surface area contributed by atoms with Gasteiger partial charge in [0.25, 0.3) is 5.91 Å². The lowest BCUT2D eigenvalue weighted by Gasteiger charge is -2.22. The quantitative estimate of drug-likeness (QED) is 0.702. The first-order valence-electron chi connectivity index (χ1n) is 9.11. The van der Waals surface area contributed by atoms with Crippen LogP contribution in [0.2, 0.25) is 0 Å². The molecule has 0 spiro atoms. The molecular formula is C19H25N5O2. The molecule has 2 amide bonds. The average molecular weight is 355 g/mol. The first-order valence-corrected chi connectivity index (χ1v) is 9.11. The van der Waals surface area contributed by atoms with Gasteiger partial charge in [0.2, 0.25) is 5.91 Å². The molecule has 1 saturated carbocycles. The van der Waals surface area contributed by atoms with Gasteiger partial charge in [0, 0.05) is 12.1 Å². The van der Waals surface area contributed by atoms with E-state index >= 15 is 0 Å². The van der Waals surface area contributed by atoms with Crippen molar-refractivity contribution in [3.05, 3.63) is 35.9 Å². The summed E-state index contributed by atoms with van der Waals surface area (Å²) in [6.07, 6.45) is 4.73. The summed E-state index contributed by atoms with van der Waals surface area (Å²) in [4.78, 5) is 28.5. The molecule has 1 aliphatic heterocycles. The van der Waals surface area contributed by atoms with Crippen LogP contribution < -0.4 is 16.3 Å². The minimum atomic E-state index is -0.736. The Labute approximate surface area is 153 Å². The Morgan fingerprint density at radius 3 is 2.88 bits per heavy atom. The van der Waals surface area contributed by atoms with Crippen LogP contribution in [-0.2, 0) is 16.0 Å². The van der Waals surface area contributed by atoms with Crippen LogP contribution in [0, 0.1) is 5.92 Å². The highest BCUT2D eigenvalue weighted by molar-refractivity contribution is 5.97. The van der Waals surface area contributed by atoms with Crippen LogP contribution in [0.5, 0.6) is 0 Å². The Hall–Kier alpha value is -2.70. The number of nitrogens with zero attached hydrogens (tertiary/aromatic N) is 2. The number of hydrazone groups is 1. The van der Waals surface area contributed by atoms with E-state index in [-0.39, 0.29) is 18.2 Å². The van der Waals surface area contributed by atoms with Crippen LogP contribution in [0.1, 0.15) is 44.6 Å². The molecule has 0 bridgehead atoms. The molecule has 1 aliphatic carbocycles. The van der Waals surface area contributed by atoms with Gasteiger partial charge in [0.15, 0.2) is 0 Å². The van der Waals surface area contributed by atoms with Crippen LogP contribution >= 0.6 is 0 Å². The first kappa shape index (κ1) is 18.1. The van der Waals surface area contributed by atoms with E-state index in [1.165, 1.54) is 6.42 Å². The normalized spacial score (nSPS) is 24.4. The van der Waals surface area contributed by atoms with E-state index in [1.54, 1.807) is 0 Å². The molecule has 1 heterocycles. The summed E-state index contributed by atoms with van der Waals surface area (Å²) in [7, 11) is 0. The minimum absolute atomic E-state index is 0.0157. The van der Waals surface area contributed by atoms with Crippen molar-refractivity contribution in [1.29, 1.82) is 0 Å². The molecule has 0 unspecified atom stereocenters. The van der Waals surface area contributed by atoms with Crippen molar-refractivity contribution in [3.8, 4) is 0 Å². The molecule has 138 valence electrons. The molecular weight excluding hydrogens is 330 g/mol. The summed E-state index contributed by atoms with van der Waals surface area (Å²) >= 11 is 0. The predicted octanol–water partition coefficient (Wildman–Crippen LogP) is 1.70. The number of hydrogen-bond donors (Lipinski definition) is 3. The molecule has 7 heteroatoms. The minimum Gasteiger partial charge on any atom is -0.285 e. The van der Waals surface area contributed by atoms with Crippen molar-refractivity contribution in [2.45, 2.75) is 51.5 Å². The van der Waals surface area contributed by atoms with Crippen LogP contribution in [0.25, 0.3) is 0 Å². The van der Waals surface area contributed by atoms with E-state index < -0.39 is 6.04 Å². The Bertz CT molecular complexity index is 714. The number of amides is 2. The Morgan fingerprint density at radius 1 is 1.31 bits per heavy atom. The van der Waals surface area contributed by atoms with Crippen LogP contribution in [0.15, 0.2) is 40.4 Å². The largest absolute Gasteiger partial charge is 0.285 e. The molecule has 1 aromatic rings. The Balaban J connectivity index is 1.56. The third-order valence-electron chi connectivity index (χ3n) is 4.62. The van der Waals surface area contributed by atoms with Gasteiger partial charge in [-0.25, -0.2) is 5.43 Å². The van der Waals surface area contributed by atoms with E-state index in [2.05, 4.69) is 33.3 Å². The molecule has 2 aliphatic rings. The van der Waals surface area contributed by atoms with E-state index in [0.29, 0.717) is 18.2 Å². The summed E-state index contributed by atoms with van der Waals surface area (Å²) in [5, 5.41) is 4.23. The lowest BCUT2D eigenvalue weighted by Crippen LogP contribution is -2.52. The van der Waals surface area contributed by atoms with E-state index in [1.807, 2.05) is 30.3 Å². The number of carbonyl (C=O) groups excluding carboxylic acids is 2. The van der Waals surface area contributed by atoms with Gasteiger partial charge in [-0.15, -0.1) is 0 Å². The second-order valence-corrected chi connectivity index (χ2v) is 6.99. The van der Waals surface area contributed by atoms with Crippen molar-refractivity contribution in [1.82, 2.24) is 16.3 Å². The van der Waals surface area contributed by atoms with Crippen molar-refractivity contribution in [2.75, 3.05) is 0 Å². The average Bonchev–Trinajstić information content (AvgIpc) is 2.64. The van der Waals surface area contributed by atoms with Gasteiger partial charge in [-0.1, -0.05) is 37.3 Å². The third kappa shape index (κ3) is 5.15. The van der Waals surface area contributed by atoms with Crippen LogP contribution in [0.3, 0.4) is 0 Å². The topological polar surface area (TPSA) is 94.9 Å². The summed E-state index contributed by atoms with van der Waals surface area (Å²) in [6, 6.07) is 9.10. The van der Waals surface area contributed by atoms with Crippen molar-refractivity contribution >= 4 is 23.4 Å². The number of nitrogens with one attached hydrogen (secondary N) is 3. The Kier molecular flexibility index (Phi) is 5.99. The number of carbonyl (C=O) groups is 2. The summed E-state index contributed by atoms with van der Waals surface area (Å²) in [5.41, 5.74) is 10.1. The maximum atomic E-state index is 12.2. The van der Waals surface area contributed by atoms with Crippen molar-refractivity contribution < 1.29 is 9.59 Å². The van der Waals surface area contributed by atoms with Gasteiger partial charge in [0.1, 0.15) is 11.9 Å². The van der Waals surface area contributed by atoms with E-state index in [9.17, 15) is 9.59 Å².